The average molecular weight is 336 g/mol. The molecule has 126 valence electrons. The van der Waals surface area contributed by atoms with Crippen LogP contribution in [0.1, 0.15) is 36.7 Å². The Morgan fingerprint density at radius 1 is 1.26 bits per heavy atom. The normalized spacial score (nSPS) is 18.9. The molecule has 1 fully saturated rings. The Morgan fingerprint density at radius 2 is 2.04 bits per heavy atom. The van der Waals surface area contributed by atoms with Crippen LogP contribution in [0.4, 0.5) is 0 Å². The lowest BCUT2D eigenvalue weighted by molar-refractivity contribution is 0.109. The van der Waals surface area contributed by atoms with Crippen molar-refractivity contribution in [2.45, 2.75) is 32.5 Å². The van der Waals surface area contributed by atoms with Gasteiger partial charge >= 0.3 is 0 Å². The van der Waals surface area contributed by atoms with Gasteiger partial charge in [-0.1, -0.05) is 5.16 Å². The molecule has 1 unspecified atom stereocenters. The number of nitrogens with zero attached hydrogens (tertiary/aromatic N) is 4. The summed E-state index contributed by atoms with van der Waals surface area (Å²) in [7, 11) is 1.65. The molecule has 0 saturated carbocycles. The van der Waals surface area contributed by atoms with E-state index in [1.165, 1.54) is 12.0 Å². The van der Waals surface area contributed by atoms with Gasteiger partial charge in [-0.25, -0.2) is 0 Å². The lowest BCUT2D eigenvalue weighted by atomic mass is 10.3. The number of aromatic nitrogens is 2. The van der Waals surface area contributed by atoms with Crippen LogP contribution in [0.2, 0.25) is 0 Å². The molecule has 2 aromatic rings. The highest BCUT2D eigenvalue weighted by Crippen LogP contribution is 2.15. The molecule has 3 heterocycles. The molecule has 1 aliphatic heterocycles. The molecule has 3 rings (SSSR count). The summed E-state index contributed by atoms with van der Waals surface area (Å²) in [5.74, 6) is 1.30. The van der Waals surface area contributed by atoms with Crippen LogP contribution >= 0.6 is 11.3 Å². The van der Waals surface area contributed by atoms with Gasteiger partial charge in [0.15, 0.2) is 5.82 Å². The zero-order chi connectivity index (χ0) is 16.1. The Morgan fingerprint density at radius 3 is 2.74 bits per heavy atom. The Balaban J connectivity index is 1.51. The first-order chi connectivity index (χ1) is 11.2. The third kappa shape index (κ3) is 4.60. The summed E-state index contributed by atoms with van der Waals surface area (Å²) in [5, 5.41) is 8.38. The molecule has 1 atom stereocenters. The van der Waals surface area contributed by atoms with Gasteiger partial charge in [0.05, 0.1) is 6.54 Å². The molecule has 7 heteroatoms. The summed E-state index contributed by atoms with van der Waals surface area (Å²) in [6.07, 6.45) is 1.04. The van der Waals surface area contributed by atoms with Gasteiger partial charge < -0.3 is 9.26 Å². The largest absolute Gasteiger partial charge is 0.374 e. The summed E-state index contributed by atoms with van der Waals surface area (Å²) < 4.78 is 10.6. The van der Waals surface area contributed by atoms with Crippen molar-refractivity contribution < 1.29 is 9.26 Å². The molecular weight excluding hydrogens is 312 g/mol. The molecule has 0 aliphatic carbocycles. The molecule has 0 N–H and O–H groups in total. The van der Waals surface area contributed by atoms with Crippen LogP contribution in [0.5, 0.6) is 0 Å². The Kier molecular flexibility index (Phi) is 5.77. The quantitative estimate of drug-likeness (QED) is 0.808. The summed E-state index contributed by atoms with van der Waals surface area (Å²) in [6, 6.07) is 2.21. The van der Waals surface area contributed by atoms with Crippen LogP contribution in [0.15, 0.2) is 21.3 Å². The van der Waals surface area contributed by atoms with E-state index in [1.807, 2.05) is 6.92 Å². The van der Waals surface area contributed by atoms with E-state index in [2.05, 4.69) is 36.8 Å². The molecule has 0 bridgehead atoms. The number of thiophene rings is 1. The number of rotatable bonds is 6. The van der Waals surface area contributed by atoms with E-state index in [-0.39, 0.29) is 6.10 Å². The molecule has 1 aliphatic rings. The third-order valence-corrected chi connectivity index (χ3v) is 4.96. The fourth-order valence-corrected chi connectivity index (χ4v) is 3.44. The first-order valence-corrected chi connectivity index (χ1v) is 9.00. The summed E-state index contributed by atoms with van der Waals surface area (Å²) in [6.45, 7) is 8.00. The first-order valence-electron chi connectivity index (χ1n) is 8.05. The maximum atomic E-state index is 5.35. The van der Waals surface area contributed by atoms with Crippen molar-refractivity contribution in [3.8, 4) is 0 Å². The van der Waals surface area contributed by atoms with E-state index in [0.717, 1.165) is 39.3 Å². The number of methoxy groups -OCH3 is 1. The zero-order valence-corrected chi connectivity index (χ0v) is 14.6. The zero-order valence-electron chi connectivity index (χ0n) is 13.8. The SMILES string of the molecule is COC(C)c1noc(CN2CCCN(Cc3ccsc3)CC2)n1. The second-order valence-corrected chi connectivity index (χ2v) is 6.74. The predicted molar refractivity (Wildman–Crippen MR) is 89.2 cm³/mol. The lowest BCUT2D eigenvalue weighted by Gasteiger charge is -2.20. The molecule has 6 nitrogen and oxygen atoms in total. The number of hydrogen-bond donors (Lipinski definition) is 0. The van der Waals surface area contributed by atoms with Crippen molar-refractivity contribution in [1.29, 1.82) is 0 Å². The van der Waals surface area contributed by atoms with Gasteiger partial charge in [0.2, 0.25) is 5.89 Å². The highest BCUT2D eigenvalue weighted by molar-refractivity contribution is 7.07. The Labute approximate surface area is 141 Å². The van der Waals surface area contributed by atoms with Crippen molar-refractivity contribution in [2.24, 2.45) is 0 Å². The van der Waals surface area contributed by atoms with Crippen LogP contribution in [-0.2, 0) is 17.8 Å². The van der Waals surface area contributed by atoms with Crippen LogP contribution in [0.3, 0.4) is 0 Å². The minimum Gasteiger partial charge on any atom is -0.374 e. The fraction of sp³-hybridized carbons (Fsp3) is 0.625. The van der Waals surface area contributed by atoms with Crippen molar-refractivity contribution in [1.82, 2.24) is 19.9 Å². The molecule has 0 radical (unpaired) electrons. The fourth-order valence-electron chi connectivity index (χ4n) is 2.78. The molecule has 0 aromatic carbocycles. The van der Waals surface area contributed by atoms with E-state index >= 15 is 0 Å². The summed E-state index contributed by atoms with van der Waals surface area (Å²) in [4.78, 5) is 9.34. The number of ether oxygens (including phenoxy) is 1. The van der Waals surface area contributed by atoms with E-state index < -0.39 is 0 Å². The second kappa shape index (κ2) is 8.01. The van der Waals surface area contributed by atoms with E-state index in [4.69, 9.17) is 9.26 Å². The molecule has 23 heavy (non-hydrogen) atoms. The van der Waals surface area contributed by atoms with Gasteiger partial charge in [-0.2, -0.15) is 16.3 Å². The minimum atomic E-state index is -0.127. The molecule has 0 amide bonds. The van der Waals surface area contributed by atoms with Gasteiger partial charge in [-0.3, -0.25) is 9.80 Å². The molecule has 2 aromatic heterocycles. The standard InChI is InChI=1S/C16H24N4O2S/c1-13(21-2)16-17-15(22-18-16)11-20-6-3-5-19(7-8-20)10-14-4-9-23-12-14/h4,9,12-13H,3,5-8,10-11H2,1-2H3. The highest BCUT2D eigenvalue weighted by atomic mass is 32.1. The smallest absolute Gasteiger partial charge is 0.240 e. The van der Waals surface area contributed by atoms with E-state index in [1.54, 1.807) is 18.4 Å². The van der Waals surface area contributed by atoms with E-state index in [0.29, 0.717) is 11.7 Å². The van der Waals surface area contributed by atoms with Crippen molar-refractivity contribution >= 4 is 11.3 Å². The van der Waals surface area contributed by atoms with E-state index in [9.17, 15) is 0 Å². The minimum absolute atomic E-state index is 0.127. The number of hydrogen-bond acceptors (Lipinski definition) is 7. The first kappa shape index (κ1) is 16.6. The Bertz CT molecular complexity index is 587. The van der Waals surface area contributed by atoms with Gasteiger partial charge in [0.25, 0.3) is 0 Å². The average Bonchev–Trinajstić information content (AvgIpc) is 3.18. The van der Waals surface area contributed by atoms with Crippen LogP contribution in [0, 0.1) is 0 Å². The summed E-state index contributed by atoms with van der Waals surface area (Å²) in [5.41, 5.74) is 1.42. The van der Waals surface area contributed by atoms with Crippen molar-refractivity contribution in [3.63, 3.8) is 0 Å². The van der Waals surface area contributed by atoms with Gasteiger partial charge in [0.1, 0.15) is 6.10 Å². The third-order valence-electron chi connectivity index (χ3n) is 4.23. The highest BCUT2D eigenvalue weighted by Gasteiger charge is 2.19. The van der Waals surface area contributed by atoms with Gasteiger partial charge in [0, 0.05) is 26.7 Å². The predicted octanol–water partition coefficient (Wildman–Crippen LogP) is 2.55. The Hall–Kier alpha value is -1.28. The maximum Gasteiger partial charge on any atom is 0.240 e. The van der Waals surface area contributed by atoms with Crippen molar-refractivity contribution in [3.05, 3.63) is 34.1 Å². The molecular formula is C16H24N4O2S. The molecule has 1 saturated heterocycles. The van der Waals surface area contributed by atoms with Gasteiger partial charge in [-0.05, 0) is 48.8 Å². The van der Waals surface area contributed by atoms with Crippen molar-refractivity contribution in [2.75, 3.05) is 33.3 Å². The van der Waals surface area contributed by atoms with Crippen LogP contribution in [-0.4, -0.2) is 53.2 Å². The topological polar surface area (TPSA) is 54.6 Å². The van der Waals surface area contributed by atoms with Gasteiger partial charge in [-0.15, -0.1) is 0 Å². The van der Waals surface area contributed by atoms with Crippen LogP contribution < -0.4 is 0 Å². The monoisotopic (exact) mass is 336 g/mol. The van der Waals surface area contributed by atoms with Crippen LogP contribution in [0.25, 0.3) is 0 Å². The maximum absolute atomic E-state index is 5.35. The summed E-state index contributed by atoms with van der Waals surface area (Å²) >= 11 is 1.77. The second-order valence-electron chi connectivity index (χ2n) is 5.96. The lowest BCUT2D eigenvalue weighted by Crippen LogP contribution is -2.30. The molecule has 0 spiro atoms.